The van der Waals surface area contributed by atoms with Crippen molar-refractivity contribution in [1.29, 1.82) is 0 Å². The number of amides is 2. The van der Waals surface area contributed by atoms with Gasteiger partial charge in [-0.2, -0.15) is 0 Å². The van der Waals surface area contributed by atoms with Gasteiger partial charge in [-0.3, -0.25) is 9.59 Å². The Morgan fingerprint density at radius 1 is 1.00 bits per heavy atom. The average Bonchev–Trinajstić information content (AvgIpc) is 2.47. The Morgan fingerprint density at radius 2 is 1.45 bits per heavy atom. The number of carbonyl (C=O) groups excluding carboxylic acids is 2. The van der Waals surface area contributed by atoms with E-state index in [1.807, 2.05) is 22.6 Å². The maximum absolute atomic E-state index is 11.8. The molecule has 0 bridgehead atoms. The maximum atomic E-state index is 11.8. The zero-order chi connectivity index (χ0) is 17.2. The van der Waals surface area contributed by atoms with Crippen LogP contribution in [0, 0.1) is 0 Å². The van der Waals surface area contributed by atoms with Gasteiger partial charge in [-0.05, 0) is 6.42 Å². The van der Waals surface area contributed by atoms with Crippen LogP contribution in [0.15, 0.2) is 0 Å². The molecule has 0 spiro atoms. The van der Waals surface area contributed by atoms with E-state index in [-0.39, 0.29) is 4.83 Å². The summed E-state index contributed by atoms with van der Waals surface area (Å²) in [5.41, 5.74) is 10.8. The van der Waals surface area contributed by atoms with Crippen LogP contribution in [0.4, 0.5) is 0 Å². The first kappa shape index (κ1) is 22.6. The summed E-state index contributed by atoms with van der Waals surface area (Å²) in [4.78, 5) is 22.2. The van der Waals surface area contributed by atoms with Crippen molar-refractivity contribution in [1.82, 2.24) is 0 Å². The summed E-state index contributed by atoms with van der Waals surface area (Å²) in [6.45, 7) is 2.22. The van der Waals surface area contributed by atoms with E-state index >= 15 is 0 Å². The van der Waals surface area contributed by atoms with Crippen LogP contribution in [0.25, 0.3) is 0 Å². The molecule has 0 aromatic rings. The lowest BCUT2D eigenvalue weighted by Crippen LogP contribution is -2.56. The largest absolute Gasteiger partial charge is 0.369 e. The normalized spacial score (nSPS) is 16.7. The van der Waals surface area contributed by atoms with E-state index in [0.717, 1.165) is 19.3 Å². The summed E-state index contributed by atoms with van der Waals surface area (Å²) in [6.07, 6.45) is 10.6. The molecule has 4 N–H and O–H groups in total. The van der Waals surface area contributed by atoms with E-state index in [2.05, 4.69) is 38.8 Å². The number of alkyl halides is 3. The van der Waals surface area contributed by atoms with Crippen LogP contribution in [0.3, 0.4) is 0 Å². The smallest absolute Gasteiger partial charge is 0.236 e. The quantitative estimate of drug-likeness (QED) is 0.204. The molecule has 0 aromatic heterocycles. The van der Waals surface area contributed by atoms with Gasteiger partial charge in [-0.1, -0.05) is 113 Å². The van der Waals surface area contributed by atoms with Gasteiger partial charge in [-0.25, -0.2) is 0 Å². The number of rotatable bonds is 13. The molecule has 0 aliphatic heterocycles. The molecule has 130 valence electrons. The SMILES string of the molecule is CCCCCCCCCCC(Br)C(I)(C(N)=O)C(Br)C(N)=O. The zero-order valence-electron chi connectivity index (χ0n) is 13.1. The van der Waals surface area contributed by atoms with Gasteiger partial charge < -0.3 is 11.5 Å². The van der Waals surface area contributed by atoms with Gasteiger partial charge >= 0.3 is 0 Å². The zero-order valence-corrected chi connectivity index (χ0v) is 18.5. The van der Waals surface area contributed by atoms with Crippen molar-refractivity contribution in [3.05, 3.63) is 0 Å². The molecule has 2 amide bonds. The van der Waals surface area contributed by atoms with Gasteiger partial charge in [0.2, 0.25) is 11.8 Å². The number of hydrogen-bond donors (Lipinski definition) is 2. The Labute approximate surface area is 164 Å². The highest BCUT2D eigenvalue weighted by Gasteiger charge is 2.48. The third kappa shape index (κ3) is 7.47. The number of carbonyl (C=O) groups is 2. The molecule has 3 atom stereocenters. The molecule has 4 nitrogen and oxygen atoms in total. The first-order valence-corrected chi connectivity index (χ1v) is 10.8. The Morgan fingerprint density at radius 3 is 1.86 bits per heavy atom. The molecule has 0 rings (SSSR count). The second-order valence-electron chi connectivity index (χ2n) is 5.63. The van der Waals surface area contributed by atoms with Crippen molar-refractivity contribution in [2.24, 2.45) is 11.5 Å². The minimum absolute atomic E-state index is 0.185. The van der Waals surface area contributed by atoms with Crippen LogP contribution in [0.1, 0.15) is 64.7 Å². The molecule has 0 saturated heterocycles. The van der Waals surface area contributed by atoms with Crippen LogP contribution in [-0.2, 0) is 9.59 Å². The van der Waals surface area contributed by atoms with Crippen LogP contribution in [0.2, 0.25) is 0 Å². The molecule has 0 aromatic carbocycles. The van der Waals surface area contributed by atoms with Gasteiger partial charge in [0.1, 0.15) is 8.25 Å². The monoisotopic (exact) mass is 552 g/mol. The van der Waals surface area contributed by atoms with Crippen molar-refractivity contribution in [3.63, 3.8) is 0 Å². The predicted molar refractivity (Wildman–Crippen MR) is 108 cm³/mol. The Balaban J connectivity index is 4.18. The predicted octanol–water partition coefficient (Wildman–Crippen LogP) is 4.19. The highest BCUT2D eigenvalue weighted by molar-refractivity contribution is 14.1. The molecule has 22 heavy (non-hydrogen) atoms. The fourth-order valence-corrected chi connectivity index (χ4v) is 4.64. The van der Waals surface area contributed by atoms with Crippen LogP contribution < -0.4 is 11.5 Å². The lowest BCUT2D eigenvalue weighted by atomic mass is 9.95. The summed E-state index contributed by atoms with van der Waals surface area (Å²) < 4.78 is -1.05. The molecule has 0 aliphatic rings. The third-order valence-corrected chi connectivity index (χ3v) is 9.73. The topological polar surface area (TPSA) is 86.2 Å². The van der Waals surface area contributed by atoms with Gasteiger partial charge in [0.15, 0.2) is 0 Å². The van der Waals surface area contributed by atoms with Gasteiger partial charge in [0, 0.05) is 4.83 Å². The highest BCUT2D eigenvalue weighted by atomic mass is 127. The maximum Gasteiger partial charge on any atom is 0.236 e. The van der Waals surface area contributed by atoms with E-state index in [1.54, 1.807) is 0 Å². The van der Waals surface area contributed by atoms with E-state index < -0.39 is 20.1 Å². The number of nitrogens with two attached hydrogens (primary N) is 2. The standard InChI is InChI=1S/C15H27Br2IN2O2/c1-2-3-4-5-6-7-8-9-10-11(16)15(18,14(20)22)12(17)13(19)21/h11-12H,2-10H2,1H3,(H2,19,21)(H2,20,22). The van der Waals surface area contributed by atoms with Crippen molar-refractivity contribution in [2.45, 2.75) is 77.8 Å². The minimum atomic E-state index is -1.05. The molecule has 0 heterocycles. The molecular weight excluding hydrogens is 527 g/mol. The van der Waals surface area contributed by atoms with E-state index in [1.165, 1.54) is 38.5 Å². The van der Waals surface area contributed by atoms with E-state index in [0.29, 0.717) is 0 Å². The lowest BCUT2D eigenvalue weighted by Gasteiger charge is -2.32. The Hall–Kier alpha value is 0.630. The minimum Gasteiger partial charge on any atom is -0.369 e. The van der Waals surface area contributed by atoms with Gasteiger partial charge in [-0.15, -0.1) is 0 Å². The third-order valence-electron chi connectivity index (χ3n) is 3.76. The molecule has 0 aliphatic carbocycles. The highest BCUT2D eigenvalue weighted by Crippen LogP contribution is 2.38. The molecular formula is C15H27Br2IN2O2. The molecule has 7 heteroatoms. The fourth-order valence-electron chi connectivity index (χ4n) is 2.31. The average molecular weight is 554 g/mol. The first-order chi connectivity index (χ1) is 10.3. The van der Waals surface area contributed by atoms with Crippen LogP contribution in [-0.4, -0.2) is 24.9 Å². The summed E-state index contributed by atoms with van der Waals surface area (Å²) in [7, 11) is 0. The summed E-state index contributed by atoms with van der Waals surface area (Å²) in [5, 5.41) is 0. The summed E-state index contributed by atoms with van der Waals surface area (Å²) in [6, 6.07) is 0. The van der Waals surface area contributed by atoms with E-state index in [4.69, 9.17) is 11.5 Å². The number of unbranched alkanes of at least 4 members (excludes halogenated alkanes) is 7. The Kier molecular flexibility index (Phi) is 12.4. The second-order valence-corrected chi connectivity index (χ2v) is 9.43. The fraction of sp³-hybridized carbons (Fsp3) is 0.867. The second kappa shape index (κ2) is 12.1. The number of halogens is 3. The molecule has 0 saturated carbocycles. The van der Waals surface area contributed by atoms with Crippen molar-refractivity contribution in [2.75, 3.05) is 0 Å². The number of hydrogen-bond acceptors (Lipinski definition) is 2. The first-order valence-electron chi connectivity index (χ1n) is 7.84. The van der Waals surface area contributed by atoms with Crippen LogP contribution >= 0.6 is 54.5 Å². The summed E-state index contributed by atoms with van der Waals surface area (Å²) in [5.74, 6) is -1.11. The van der Waals surface area contributed by atoms with Crippen molar-refractivity contribution >= 4 is 66.3 Å². The molecule has 3 unspecified atom stereocenters. The molecule has 0 fully saturated rings. The van der Waals surface area contributed by atoms with Gasteiger partial charge in [0.25, 0.3) is 0 Å². The van der Waals surface area contributed by atoms with Crippen molar-refractivity contribution in [3.8, 4) is 0 Å². The van der Waals surface area contributed by atoms with Crippen molar-refractivity contribution < 1.29 is 9.59 Å². The molecule has 0 radical (unpaired) electrons. The summed E-state index contributed by atoms with van der Waals surface area (Å²) >= 11 is 8.68. The number of primary amides is 2. The van der Waals surface area contributed by atoms with Crippen LogP contribution in [0.5, 0.6) is 0 Å². The van der Waals surface area contributed by atoms with E-state index in [9.17, 15) is 9.59 Å². The van der Waals surface area contributed by atoms with Gasteiger partial charge in [0.05, 0.1) is 0 Å². The Bertz CT molecular complexity index is 358. The lowest BCUT2D eigenvalue weighted by molar-refractivity contribution is -0.124.